The van der Waals surface area contributed by atoms with Crippen LogP contribution in [0.1, 0.15) is 38.9 Å². The van der Waals surface area contributed by atoms with Crippen molar-refractivity contribution < 1.29 is 65.9 Å². The number of phosphoric acid groups is 3. The molecule has 7 N–H and O–H groups in total. The van der Waals surface area contributed by atoms with Gasteiger partial charge in [0.25, 0.3) is 5.69 Å². The summed E-state index contributed by atoms with van der Waals surface area (Å²) in [5.41, 5.74) is 3.28. The first kappa shape index (κ1) is 34.9. The molecule has 240 valence electrons. The van der Waals surface area contributed by atoms with Crippen LogP contribution in [0.15, 0.2) is 35.3 Å². The average Bonchev–Trinajstić information content (AvgIpc) is 3.13. The quantitative estimate of drug-likeness (QED) is 0.0999. The average molecular weight is 674 g/mol. The van der Waals surface area contributed by atoms with Crippen LogP contribution in [0.2, 0.25) is 0 Å². The number of aliphatic hydroxyl groups excluding tert-OH is 1. The highest BCUT2D eigenvalue weighted by atomic mass is 31.3. The van der Waals surface area contributed by atoms with Crippen molar-refractivity contribution in [2.75, 3.05) is 12.3 Å². The number of nitro benzene ring substituents is 1. The fraction of sp³-hybridized carbons (Fsp3) is 0.500. The van der Waals surface area contributed by atoms with Gasteiger partial charge >= 0.3 is 29.2 Å². The number of nitrogens with two attached hydrogens (primary N) is 1. The molecule has 1 aromatic heterocycles. The zero-order valence-corrected chi connectivity index (χ0v) is 25.3. The van der Waals surface area contributed by atoms with Crippen LogP contribution >= 0.6 is 23.5 Å². The predicted octanol–water partition coefficient (Wildman–Crippen LogP) is 1.68. The Labute approximate surface area is 242 Å². The Balaban J connectivity index is 1.84. The molecule has 0 bridgehead atoms. The van der Waals surface area contributed by atoms with E-state index >= 15 is 0 Å². The molecular formula is C20H29N4O16P3. The van der Waals surface area contributed by atoms with Gasteiger partial charge in [-0.25, -0.2) is 18.5 Å². The van der Waals surface area contributed by atoms with Gasteiger partial charge in [0, 0.05) is 12.5 Å². The van der Waals surface area contributed by atoms with Crippen molar-refractivity contribution in [3.8, 4) is 5.75 Å². The fourth-order valence-corrected chi connectivity index (χ4v) is 7.24. The summed E-state index contributed by atoms with van der Waals surface area (Å²) in [6.45, 7) is 3.84. The lowest BCUT2D eigenvalue weighted by atomic mass is 9.97. The van der Waals surface area contributed by atoms with Crippen molar-refractivity contribution >= 4 is 35.0 Å². The summed E-state index contributed by atoms with van der Waals surface area (Å²) in [5.74, 6) is -0.843. The number of nitrogen functional groups attached to an aromatic ring is 1. The molecule has 23 heteroatoms. The van der Waals surface area contributed by atoms with E-state index in [4.69, 9.17) is 25.0 Å². The molecule has 1 saturated heterocycles. The maximum absolute atomic E-state index is 12.8. The molecule has 3 rings (SSSR count). The minimum atomic E-state index is -5.77. The third-order valence-electron chi connectivity index (χ3n) is 5.97. The van der Waals surface area contributed by atoms with Crippen molar-refractivity contribution in [3.63, 3.8) is 0 Å². The first-order valence-electron chi connectivity index (χ1n) is 12.1. The monoisotopic (exact) mass is 674 g/mol. The number of nitrogens with zero attached hydrogens (tertiary/aromatic N) is 3. The number of ether oxygens (including phenoxy) is 2. The lowest BCUT2D eigenvalue weighted by molar-refractivity contribution is -0.386. The molecule has 1 fully saturated rings. The van der Waals surface area contributed by atoms with Gasteiger partial charge < -0.3 is 39.9 Å². The molecule has 43 heavy (non-hydrogen) atoms. The maximum Gasteiger partial charge on any atom is 0.490 e. The van der Waals surface area contributed by atoms with E-state index in [2.05, 4.69) is 18.1 Å². The second kappa shape index (κ2) is 12.8. The molecule has 20 nitrogen and oxygen atoms in total. The van der Waals surface area contributed by atoms with E-state index in [1.54, 1.807) is 19.9 Å². The highest BCUT2D eigenvalue weighted by Crippen LogP contribution is 2.66. The third kappa shape index (κ3) is 8.98. The van der Waals surface area contributed by atoms with Crippen LogP contribution in [0.25, 0.3) is 0 Å². The molecule has 1 aliphatic rings. The number of hydrogen-bond donors (Lipinski definition) is 6. The van der Waals surface area contributed by atoms with E-state index in [-0.39, 0.29) is 35.2 Å². The largest absolute Gasteiger partial charge is 0.490 e. The zero-order valence-electron chi connectivity index (χ0n) is 22.6. The van der Waals surface area contributed by atoms with Crippen LogP contribution in [0.5, 0.6) is 5.75 Å². The molecule has 1 aliphatic heterocycles. The van der Waals surface area contributed by atoms with E-state index in [0.29, 0.717) is 0 Å². The van der Waals surface area contributed by atoms with Gasteiger partial charge in [0.05, 0.1) is 29.4 Å². The van der Waals surface area contributed by atoms with Gasteiger partial charge in [0.1, 0.15) is 17.9 Å². The number of para-hydroxylation sites is 1. The molecule has 6 atom stereocenters. The Hall–Kier alpha value is -2.57. The van der Waals surface area contributed by atoms with Gasteiger partial charge in [-0.3, -0.25) is 19.2 Å². The van der Waals surface area contributed by atoms with Crippen molar-refractivity contribution in [1.82, 2.24) is 9.55 Å². The molecular weight excluding hydrogens is 645 g/mol. The van der Waals surface area contributed by atoms with Crippen molar-refractivity contribution in [1.29, 1.82) is 0 Å². The zero-order chi connectivity index (χ0) is 32.5. The van der Waals surface area contributed by atoms with E-state index in [0.717, 1.165) is 10.8 Å². The first-order valence-corrected chi connectivity index (χ1v) is 16.6. The summed E-state index contributed by atoms with van der Waals surface area (Å²) in [6, 6.07) is 5.87. The van der Waals surface area contributed by atoms with Crippen molar-refractivity contribution in [2.24, 2.45) is 5.92 Å². The van der Waals surface area contributed by atoms with Gasteiger partial charge in [-0.1, -0.05) is 26.0 Å². The van der Waals surface area contributed by atoms with Crippen LogP contribution in [0.3, 0.4) is 0 Å². The van der Waals surface area contributed by atoms with E-state index in [1.165, 1.54) is 25.1 Å². The Morgan fingerprint density at radius 2 is 1.81 bits per heavy atom. The number of nitro groups is 1. The molecule has 0 radical (unpaired) electrons. The summed E-state index contributed by atoms with van der Waals surface area (Å²) >= 11 is 0. The minimum absolute atomic E-state index is 0.160. The Bertz CT molecular complexity index is 1560. The van der Waals surface area contributed by atoms with E-state index in [9.17, 15) is 43.5 Å². The number of hydrogen-bond acceptors (Lipinski definition) is 14. The number of aliphatic hydroxyl groups is 1. The summed E-state index contributed by atoms with van der Waals surface area (Å²) in [4.78, 5) is 63.8. The smallest absolute Gasteiger partial charge is 0.480 e. The number of anilines is 1. The molecule has 0 saturated carbocycles. The van der Waals surface area contributed by atoms with E-state index < -0.39 is 64.7 Å². The standard InChI is InChI=1S/C20H29N4O16P3/c1-11(2)17(12-6-4-5-7-13(12)24(27)28)37-15-9-23(19(26)22-18(15)21)20(3)8-14(25)16(38-20)10-36-42(32,33)40-43(34,35)39-41(29,30)31/h4-7,9,11,14,16-17,25H,8,10H2,1-3H3,(H,32,33)(H,34,35)(H2,21,22,26)(H2,29,30,31)/t14-,16+,17-,20+/m0/s1. The molecule has 0 amide bonds. The molecule has 1 aromatic carbocycles. The lowest BCUT2D eigenvalue weighted by Gasteiger charge is -2.29. The number of phosphoric ester groups is 1. The fourth-order valence-electron chi connectivity index (χ4n) is 4.21. The SMILES string of the molecule is CC(C)[C@H](Oc1cn([C@@]2(C)C[C@H](O)[C@@H](COP(=O)(O)OP(=O)(O)OP(=O)(O)O)O2)c(=O)nc1N)c1ccccc1[N+](=O)[O-]. The van der Waals surface area contributed by atoms with Gasteiger partial charge in [0.15, 0.2) is 11.6 Å². The van der Waals surface area contributed by atoms with Crippen LogP contribution in [-0.2, 0) is 37.3 Å². The van der Waals surface area contributed by atoms with Crippen molar-refractivity contribution in [3.05, 3.63) is 56.6 Å². The maximum atomic E-state index is 12.8. The molecule has 2 aromatic rings. The van der Waals surface area contributed by atoms with Crippen LogP contribution in [0, 0.1) is 16.0 Å². The van der Waals surface area contributed by atoms with E-state index in [1.807, 2.05) is 0 Å². The Morgan fingerprint density at radius 3 is 2.40 bits per heavy atom. The second-order valence-electron chi connectivity index (χ2n) is 9.73. The lowest BCUT2D eigenvalue weighted by Crippen LogP contribution is -2.40. The van der Waals surface area contributed by atoms with Crippen LogP contribution < -0.4 is 16.2 Å². The van der Waals surface area contributed by atoms with Gasteiger partial charge in [0.2, 0.25) is 0 Å². The second-order valence-corrected chi connectivity index (χ2v) is 14.2. The first-order chi connectivity index (χ1) is 19.6. The topological polar surface area (TPSA) is 303 Å². The molecule has 0 spiro atoms. The van der Waals surface area contributed by atoms with Gasteiger partial charge in [-0.05, 0) is 18.9 Å². The highest BCUT2D eigenvalue weighted by molar-refractivity contribution is 7.66. The molecule has 2 unspecified atom stereocenters. The third-order valence-corrected chi connectivity index (χ3v) is 9.77. The van der Waals surface area contributed by atoms with Crippen molar-refractivity contribution in [2.45, 2.75) is 51.2 Å². The van der Waals surface area contributed by atoms with Crippen LogP contribution in [-0.4, -0.2) is 58.0 Å². The summed E-state index contributed by atoms with van der Waals surface area (Å²) in [5, 5.41) is 22.1. The number of benzene rings is 1. The minimum Gasteiger partial charge on any atom is -0.480 e. The summed E-state index contributed by atoms with van der Waals surface area (Å²) < 4.78 is 58.8. The predicted molar refractivity (Wildman–Crippen MR) is 143 cm³/mol. The molecule has 0 aliphatic carbocycles. The summed E-state index contributed by atoms with van der Waals surface area (Å²) in [6.07, 6.45) is -3.07. The molecule has 2 heterocycles. The number of aromatic nitrogens is 2. The van der Waals surface area contributed by atoms with Crippen LogP contribution in [0.4, 0.5) is 11.5 Å². The van der Waals surface area contributed by atoms with Gasteiger partial charge in [-0.2, -0.15) is 13.6 Å². The Morgan fingerprint density at radius 1 is 1.19 bits per heavy atom. The Kier molecular flexibility index (Phi) is 10.4. The highest BCUT2D eigenvalue weighted by Gasteiger charge is 2.47. The normalized spacial score (nSPS) is 24.3. The summed E-state index contributed by atoms with van der Waals surface area (Å²) in [7, 11) is -16.9. The number of rotatable bonds is 13. The van der Waals surface area contributed by atoms with Gasteiger partial charge in [-0.15, -0.1) is 0 Å².